The molecular formula is C17H25ClN2O3. The van der Waals surface area contributed by atoms with Gasteiger partial charge in [-0.15, -0.1) is 12.4 Å². The Balaban J connectivity index is 0.00000264. The third-order valence-corrected chi connectivity index (χ3v) is 3.80. The van der Waals surface area contributed by atoms with Crippen molar-refractivity contribution in [2.24, 2.45) is 7.05 Å². The molecule has 0 saturated carbocycles. The van der Waals surface area contributed by atoms with Crippen LogP contribution in [0.4, 0.5) is 0 Å². The van der Waals surface area contributed by atoms with Crippen LogP contribution in [0.25, 0.3) is 10.9 Å². The second kappa shape index (κ2) is 8.22. The molecule has 6 heteroatoms. The number of benzene rings is 1. The van der Waals surface area contributed by atoms with Crippen LogP contribution in [0.1, 0.15) is 23.0 Å². The van der Waals surface area contributed by atoms with Crippen molar-refractivity contribution in [1.82, 2.24) is 9.47 Å². The van der Waals surface area contributed by atoms with Gasteiger partial charge in [-0.25, -0.2) is 4.79 Å². The molecule has 128 valence electrons. The third kappa shape index (κ3) is 3.98. The summed E-state index contributed by atoms with van der Waals surface area (Å²) < 4.78 is 12.6. The highest BCUT2D eigenvalue weighted by molar-refractivity contribution is 6.06. The van der Waals surface area contributed by atoms with E-state index in [2.05, 4.69) is 9.47 Å². The number of methoxy groups -OCH3 is 1. The topological polar surface area (TPSA) is 43.7 Å². The summed E-state index contributed by atoms with van der Waals surface area (Å²) in [4.78, 5) is 14.6. The van der Waals surface area contributed by atoms with Crippen LogP contribution in [0.2, 0.25) is 0 Å². The van der Waals surface area contributed by atoms with Crippen LogP contribution in [0.3, 0.4) is 0 Å². The summed E-state index contributed by atoms with van der Waals surface area (Å²) in [6.45, 7) is 3.06. The summed E-state index contributed by atoms with van der Waals surface area (Å²) in [5.41, 5.74) is 2.66. The van der Waals surface area contributed by atoms with Gasteiger partial charge in [0.05, 0.1) is 19.3 Å². The monoisotopic (exact) mass is 340 g/mol. The molecule has 5 nitrogen and oxygen atoms in total. The van der Waals surface area contributed by atoms with Crippen molar-refractivity contribution in [2.75, 3.05) is 34.4 Å². The molecule has 0 unspecified atom stereocenters. The van der Waals surface area contributed by atoms with Crippen LogP contribution < -0.4 is 4.74 Å². The zero-order valence-electron chi connectivity index (χ0n) is 14.4. The second-order valence-electron chi connectivity index (χ2n) is 5.54. The standard InChI is InChI=1S/C17H24N2O3.ClH/c1-6-22-17(20)16-13-11-12(21-5)7-8-14(13)19(4)15(16)9-10-18(2)3;/h7-8,11H,6,9-10H2,1-5H3;1H. The SMILES string of the molecule is CCOC(=O)c1c(CCN(C)C)n(C)c2ccc(OC)cc12.Cl. The molecule has 0 amide bonds. The minimum atomic E-state index is -0.268. The van der Waals surface area contributed by atoms with Crippen LogP contribution in [-0.2, 0) is 18.2 Å². The van der Waals surface area contributed by atoms with Crippen LogP contribution in [0, 0.1) is 0 Å². The number of aryl methyl sites for hydroxylation is 1. The number of carbonyl (C=O) groups is 1. The number of carbonyl (C=O) groups excluding carboxylic acids is 1. The fourth-order valence-electron chi connectivity index (χ4n) is 2.66. The predicted molar refractivity (Wildman–Crippen MR) is 94.9 cm³/mol. The highest BCUT2D eigenvalue weighted by Gasteiger charge is 2.22. The molecule has 23 heavy (non-hydrogen) atoms. The number of likely N-dealkylation sites (N-methyl/N-ethyl adjacent to an activating group) is 1. The van der Waals surface area contributed by atoms with E-state index in [9.17, 15) is 4.79 Å². The molecule has 1 aromatic heterocycles. The van der Waals surface area contributed by atoms with Gasteiger partial charge in [-0.1, -0.05) is 0 Å². The number of nitrogens with zero attached hydrogens (tertiary/aromatic N) is 2. The summed E-state index contributed by atoms with van der Waals surface area (Å²) in [6, 6.07) is 5.80. The lowest BCUT2D eigenvalue weighted by atomic mass is 10.1. The molecule has 1 heterocycles. The number of ether oxygens (including phenoxy) is 2. The van der Waals surface area contributed by atoms with E-state index in [1.165, 1.54) is 0 Å². The molecule has 0 aliphatic rings. The first-order valence-corrected chi connectivity index (χ1v) is 7.46. The zero-order valence-corrected chi connectivity index (χ0v) is 15.2. The van der Waals surface area contributed by atoms with Crippen molar-refractivity contribution in [3.05, 3.63) is 29.5 Å². The zero-order chi connectivity index (χ0) is 16.3. The van der Waals surface area contributed by atoms with Crippen LogP contribution in [-0.4, -0.2) is 49.8 Å². The van der Waals surface area contributed by atoms with Gasteiger partial charge in [-0.3, -0.25) is 0 Å². The van der Waals surface area contributed by atoms with Crippen LogP contribution >= 0.6 is 12.4 Å². The summed E-state index contributed by atoms with van der Waals surface area (Å²) in [5.74, 6) is 0.470. The number of halogens is 1. The summed E-state index contributed by atoms with van der Waals surface area (Å²) in [6.07, 6.45) is 0.786. The number of fused-ring (bicyclic) bond motifs is 1. The first-order valence-electron chi connectivity index (χ1n) is 7.46. The van der Waals surface area contributed by atoms with Gasteiger partial charge in [0.1, 0.15) is 5.75 Å². The maximum Gasteiger partial charge on any atom is 0.340 e. The minimum absolute atomic E-state index is 0. The Kier molecular flexibility index (Phi) is 6.91. The van der Waals surface area contributed by atoms with E-state index in [1.807, 2.05) is 46.3 Å². The highest BCUT2D eigenvalue weighted by Crippen LogP contribution is 2.30. The van der Waals surface area contributed by atoms with Crippen molar-refractivity contribution >= 4 is 29.3 Å². The molecule has 0 aliphatic heterocycles. The lowest BCUT2D eigenvalue weighted by Crippen LogP contribution is -2.18. The molecule has 0 saturated heterocycles. The first-order chi connectivity index (χ1) is 10.5. The highest BCUT2D eigenvalue weighted by atomic mass is 35.5. The van der Waals surface area contributed by atoms with Crippen molar-refractivity contribution in [3.63, 3.8) is 0 Å². The molecule has 0 fully saturated rings. The van der Waals surface area contributed by atoms with Crippen molar-refractivity contribution in [1.29, 1.82) is 0 Å². The number of hydrogen-bond acceptors (Lipinski definition) is 4. The lowest BCUT2D eigenvalue weighted by molar-refractivity contribution is 0.0527. The van der Waals surface area contributed by atoms with Crippen molar-refractivity contribution < 1.29 is 14.3 Å². The van der Waals surface area contributed by atoms with E-state index < -0.39 is 0 Å². The first kappa shape index (κ1) is 19.3. The Bertz CT molecular complexity index is 680. The number of esters is 1. The molecule has 0 spiro atoms. The Morgan fingerprint density at radius 2 is 2.00 bits per heavy atom. The average Bonchev–Trinajstić information content (AvgIpc) is 2.77. The van der Waals surface area contributed by atoms with E-state index >= 15 is 0 Å². The lowest BCUT2D eigenvalue weighted by Gasteiger charge is -2.12. The van der Waals surface area contributed by atoms with Gasteiger partial charge in [0, 0.05) is 36.6 Å². The molecule has 0 N–H and O–H groups in total. The maximum absolute atomic E-state index is 12.4. The molecule has 2 aromatic rings. The Labute approximate surface area is 143 Å². The average molecular weight is 341 g/mol. The normalized spacial score (nSPS) is 10.7. The Hall–Kier alpha value is -1.72. The minimum Gasteiger partial charge on any atom is -0.497 e. The van der Waals surface area contributed by atoms with Crippen LogP contribution in [0.15, 0.2) is 18.2 Å². The van der Waals surface area contributed by atoms with Crippen LogP contribution in [0.5, 0.6) is 5.75 Å². The second-order valence-corrected chi connectivity index (χ2v) is 5.54. The third-order valence-electron chi connectivity index (χ3n) is 3.80. The number of aromatic nitrogens is 1. The van der Waals surface area contributed by atoms with E-state index in [1.54, 1.807) is 7.11 Å². The summed E-state index contributed by atoms with van der Waals surface area (Å²) in [5, 5.41) is 0.883. The summed E-state index contributed by atoms with van der Waals surface area (Å²) in [7, 11) is 7.66. The molecule has 0 aliphatic carbocycles. The Morgan fingerprint density at radius 1 is 1.30 bits per heavy atom. The van der Waals surface area contributed by atoms with Gasteiger partial charge >= 0.3 is 5.97 Å². The predicted octanol–water partition coefficient (Wildman–Crippen LogP) is 2.89. The molecule has 0 atom stereocenters. The molecule has 0 bridgehead atoms. The van der Waals surface area contributed by atoms with Gasteiger partial charge in [0.2, 0.25) is 0 Å². The van der Waals surface area contributed by atoms with E-state index in [4.69, 9.17) is 9.47 Å². The summed E-state index contributed by atoms with van der Waals surface area (Å²) >= 11 is 0. The van der Waals surface area contributed by atoms with Gasteiger partial charge in [0.15, 0.2) is 0 Å². The van der Waals surface area contributed by atoms with Crippen molar-refractivity contribution in [3.8, 4) is 5.75 Å². The van der Waals surface area contributed by atoms with Gasteiger partial charge in [0.25, 0.3) is 0 Å². The number of rotatable bonds is 6. The molecule has 1 aromatic carbocycles. The van der Waals surface area contributed by atoms with Gasteiger partial charge in [-0.2, -0.15) is 0 Å². The van der Waals surface area contributed by atoms with Crippen molar-refractivity contribution in [2.45, 2.75) is 13.3 Å². The quantitative estimate of drug-likeness (QED) is 0.758. The largest absolute Gasteiger partial charge is 0.497 e. The van der Waals surface area contributed by atoms with Gasteiger partial charge < -0.3 is 18.9 Å². The fraction of sp³-hybridized carbons (Fsp3) is 0.471. The molecule has 2 rings (SSSR count). The smallest absolute Gasteiger partial charge is 0.340 e. The molecular weight excluding hydrogens is 316 g/mol. The molecule has 0 radical (unpaired) electrons. The Morgan fingerprint density at radius 3 is 2.57 bits per heavy atom. The number of hydrogen-bond donors (Lipinski definition) is 0. The van der Waals surface area contributed by atoms with E-state index in [-0.39, 0.29) is 18.4 Å². The van der Waals surface area contributed by atoms with E-state index in [0.717, 1.165) is 35.3 Å². The van der Waals surface area contributed by atoms with Gasteiger partial charge in [-0.05, 0) is 39.2 Å². The fourth-order valence-corrected chi connectivity index (χ4v) is 2.66. The maximum atomic E-state index is 12.4. The van der Waals surface area contributed by atoms with E-state index in [0.29, 0.717) is 12.2 Å².